The minimum absolute atomic E-state index is 0.142. The average Bonchev–Trinajstić information content (AvgIpc) is 2.73. The number of allylic oxidation sites excluding steroid dienone is 1. The molecule has 2 aromatic rings. The molecule has 0 atom stereocenters. The molecule has 0 heterocycles. The molecule has 0 spiro atoms. The summed E-state index contributed by atoms with van der Waals surface area (Å²) in [7, 11) is 0. The van der Waals surface area contributed by atoms with Gasteiger partial charge in [0.2, 0.25) is 0 Å². The largest absolute Gasteiger partial charge is 0.484 e. The van der Waals surface area contributed by atoms with Crippen molar-refractivity contribution in [1.29, 1.82) is 5.26 Å². The fourth-order valence-corrected chi connectivity index (χ4v) is 2.51. The van der Waals surface area contributed by atoms with Gasteiger partial charge in [0, 0.05) is 0 Å². The molecule has 1 N–H and O–H groups in total. The summed E-state index contributed by atoms with van der Waals surface area (Å²) < 4.78 is 5.39. The normalized spacial score (nSPS) is 11.2. The molecule has 0 aliphatic rings. The van der Waals surface area contributed by atoms with E-state index in [9.17, 15) is 4.79 Å². The van der Waals surface area contributed by atoms with Gasteiger partial charge in [-0.05, 0) is 48.2 Å². The Morgan fingerprint density at radius 2 is 1.89 bits per heavy atom. The van der Waals surface area contributed by atoms with E-state index >= 15 is 0 Å². The number of hydrogen-bond acceptors (Lipinski definition) is 4. The van der Waals surface area contributed by atoms with Crippen LogP contribution in [0.4, 0.5) is 0 Å². The van der Waals surface area contributed by atoms with E-state index in [0.29, 0.717) is 11.3 Å². The zero-order valence-corrected chi connectivity index (χ0v) is 16.1. The fourth-order valence-electron chi connectivity index (χ4n) is 2.51. The summed E-state index contributed by atoms with van der Waals surface area (Å²) in [5.74, 6) is 0.190. The van der Waals surface area contributed by atoms with Gasteiger partial charge in [-0.2, -0.15) is 10.4 Å². The number of hydrazone groups is 1. The van der Waals surface area contributed by atoms with Gasteiger partial charge in [0.1, 0.15) is 5.75 Å². The summed E-state index contributed by atoms with van der Waals surface area (Å²) in [4.78, 5) is 11.9. The molecule has 0 unspecified atom stereocenters. The maximum Gasteiger partial charge on any atom is 0.277 e. The molecule has 0 saturated carbocycles. The lowest BCUT2D eigenvalue weighted by Crippen LogP contribution is -2.24. The second kappa shape index (κ2) is 12.1. The van der Waals surface area contributed by atoms with Crippen molar-refractivity contribution < 1.29 is 9.53 Å². The second-order valence-corrected chi connectivity index (χ2v) is 6.31. The van der Waals surface area contributed by atoms with Gasteiger partial charge in [-0.25, -0.2) is 5.43 Å². The highest BCUT2D eigenvalue weighted by molar-refractivity contribution is 5.87. The number of ether oxygens (including phenoxy) is 1. The topological polar surface area (TPSA) is 74.5 Å². The molecule has 0 aliphatic carbocycles. The van der Waals surface area contributed by atoms with Crippen molar-refractivity contribution in [3.8, 4) is 11.8 Å². The molecule has 2 rings (SSSR count). The summed E-state index contributed by atoms with van der Waals surface area (Å²) in [6.07, 6.45) is 8.07. The predicted octanol–water partition coefficient (Wildman–Crippen LogP) is 4.70. The number of rotatable bonds is 10. The van der Waals surface area contributed by atoms with E-state index in [-0.39, 0.29) is 12.5 Å². The third-order valence-electron chi connectivity index (χ3n) is 3.99. The van der Waals surface area contributed by atoms with Gasteiger partial charge in [0.25, 0.3) is 5.91 Å². The number of hydrogen-bond donors (Lipinski definition) is 1. The zero-order valence-electron chi connectivity index (χ0n) is 16.1. The zero-order chi connectivity index (χ0) is 20.0. The summed E-state index contributed by atoms with van der Waals surface area (Å²) >= 11 is 0. The Hall–Kier alpha value is -3.39. The van der Waals surface area contributed by atoms with Crippen LogP contribution < -0.4 is 10.2 Å². The maximum atomic E-state index is 11.9. The lowest BCUT2D eigenvalue weighted by atomic mass is 10.1. The van der Waals surface area contributed by atoms with E-state index in [1.54, 1.807) is 30.5 Å². The van der Waals surface area contributed by atoms with Gasteiger partial charge in [-0.15, -0.1) is 0 Å². The van der Waals surface area contributed by atoms with Crippen LogP contribution in [0.3, 0.4) is 0 Å². The van der Waals surface area contributed by atoms with Crippen LogP contribution in [-0.4, -0.2) is 18.7 Å². The highest BCUT2D eigenvalue weighted by atomic mass is 16.5. The van der Waals surface area contributed by atoms with E-state index in [2.05, 4.69) is 23.5 Å². The number of benzene rings is 2. The number of nitrogens with zero attached hydrogens (tertiary/aromatic N) is 2. The van der Waals surface area contributed by atoms with Crippen molar-refractivity contribution in [3.63, 3.8) is 0 Å². The Morgan fingerprint density at radius 3 is 2.57 bits per heavy atom. The van der Waals surface area contributed by atoms with Crippen LogP contribution in [0.5, 0.6) is 5.75 Å². The Bertz CT molecular complexity index is 834. The van der Waals surface area contributed by atoms with Gasteiger partial charge in [-0.1, -0.05) is 56.2 Å². The van der Waals surface area contributed by atoms with E-state index in [0.717, 1.165) is 36.8 Å². The Labute approximate surface area is 166 Å². The molecule has 0 saturated heterocycles. The molecule has 0 aliphatic heterocycles. The molecule has 0 bridgehead atoms. The van der Waals surface area contributed by atoms with Gasteiger partial charge in [0.15, 0.2) is 6.61 Å². The van der Waals surface area contributed by atoms with Gasteiger partial charge in [-0.3, -0.25) is 4.79 Å². The van der Waals surface area contributed by atoms with Crippen molar-refractivity contribution in [3.05, 3.63) is 71.3 Å². The van der Waals surface area contributed by atoms with Crippen LogP contribution in [0.25, 0.3) is 6.08 Å². The van der Waals surface area contributed by atoms with E-state index in [4.69, 9.17) is 10.00 Å². The van der Waals surface area contributed by atoms with Crippen molar-refractivity contribution in [1.82, 2.24) is 5.43 Å². The molecule has 0 radical (unpaired) electrons. The Kier molecular flexibility index (Phi) is 9.02. The Morgan fingerprint density at radius 1 is 1.14 bits per heavy atom. The first kappa shape index (κ1) is 20.9. The lowest BCUT2D eigenvalue weighted by Gasteiger charge is -2.05. The minimum atomic E-state index is -0.340. The van der Waals surface area contributed by atoms with E-state index in [1.807, 2.05) is 36.4 Å². The van der Waals surface area contributed by atoms with Crippen molar-refractivity contribution >= 4 is 18.2 Å². The molecule has 1 amide bonds. The van der Waals surface area contributed by atoms with Crippen molar-refractivity contribution in [2.24, 2.45) is 5.10 Å². The van der Waals surface area contributed by atoms with E-state index in [1.165, 1.54) is 0 Å². The van der Waals surface area contributed by atoms with Gasteiger partial charge < -0.3 is 4.74 Å². The number of carbonyl (C=O) groups excluding carboxylic acids is 1. The van der Waals surface area contributed by atoms with Crippen molar-refractivity contribution in [2.75, 3.05) is 6.61 Å². The first-order valence-corrected chi connectivity index (χ1v) is 9.41. The fraction of sp³-hybridized carbons (Fsp3) is 0.261. The molecular weight excluding hydrogens is 350 g/mol. The van der Waals surface area contributed by atoms with E-state index < -0.39 is 0 Å². The lowest BCUT2D eigenvalue weighted by molar-refractivity contribution is -0.123. The third kappa shape index (κ3) is 7.88. The number of nitriles is 1. The number of amides is 1. The third-order valence-corrected chi connectivity index (χ3v) is 3.99. The predicted molar refractivity (Wildman–Crippen MR) is 112 cm³/mol. The molecule has 0 fully saturated rings. The summed E-state index contributed by atoms with van der Waals surface area (Å²) in [5, 5.41) is 12.8. The highest BCUT2D eigenvalue weighted by Crippen LogP contribution is 2.13. The summed E-state index contributed by atoms with van der Waals surface area (Å²) in [6, 6.07) is 18.7. The Balaban J connectivity index is 1.87. The first-order valence-electron chi connectivity index (χ1n) is 9.41. The molecule has 0 aromatic heterocycles. The second-order valence-electron chi connectivity index (χ2n) is 6.31. The monoisotopic (exact) mass is 375 g/mol. The van der Waals surface area contributed by atoms with Crippen LogP contribution in [0, 0.1) is 11.3 Å². The molecule has 5 heteroatoms. The minimum Gasteiger partial charge on any atom is -0.484 e. The maximum absolute atomic E-state index is 11.9. The van der Waals surface area contributed by atoms with Crippen LogP contribution in [0.2, 0.25) is 0 Å². The van der Waals surface area contributed by atoms with Crippen LogP contribution in [-0.2, 0) is 4.79 Å². The summed E-state index contributed by atoms with van der Waals surface area (Å²) in [6.45, 7) is 2.03. The van der Waals surface area contributed by atoms with Crippen LogP contribution in [0.15, 0.2) is 65.3 Å². The highest BCUT2D eigenvalue weighted by Gasteiger charge is 2.02. The molecule has 144 valence electrons. The molecule has 28 heavy (non-hydrogen) atoms. The first-order chi connectivity index (χ1) is 13.7. The molecule has 5 nitrogen and oxygen atoms in total. The standard InChI is InChI=1S/C23H25N3O2/c1-2-3-5-10-21(15-19-8-6-4-7-9-19)17-25-26-23(27)18-28-22-13-11-20(16-24)12-14-22/h4,6-9,11-15,17H,2-3,5,10,18H2,1H3,(H,26,27). The van der Waals surface area contributed by atoms with Crippen molar-refractivity contribution in [2.45, 2.75) is 32.6 Å². The SMILES string of the molecule is CCCCCC(C=NNC(=O)COc1ccc(C#N)cc1)=Cc1ccccc1. The summed E-state index contributed by atoms with van der Waals surface area (Å²) in [5.41, 5.74) is 5.21. The number of nitrogens with one attached hydrogen (secondary N) is 1. The molecular formula is C23H25N3O2. The van der Waals surface area contributed by atoms with Gasteiger partial charge in [0.05, 0.1) is 17.8 Å². The molecule has 2 aromatic carbocycles. The number of carbonyl (C=O) groups is 1. The average molecular weight is 375 g/mol. The van der Waals surface area contributed by atoms with Crippen LogP contribution in [0.1, 0.15) is 43.7 Å². The van der Waals surface area contributed by atoms with Crippen LogP contribution >= 0.6 is 0 Å². The smallest absolute Gasteiger partial charge is 0.277 e. The number of unbranched alkanes of at least 4 members (excludes halogenated alkanes) is 2. The van der Waals surface area contributed by atoms with Gasteiger partial charge >= 0.3 is 0 Å². The quantitative estimate of drug-likeness (QED) is 0.371.